The second-order valence-electron chi connectivity index (χ2n) is 4.01. The number of rotatable bonds is 6. The van der Waals surface area contributed by atoms with Crippen molar-refractivity contribution < 1.29 is 24.6 Å². The molecule has 0 aliphatic rings. The topological polar surface area (TPSA) is 144 Å². The second-order valence-corrected chi connectivity index (χ2v) is 4.01. The van der Waals surface area contributed by atoms with Crippen molar-refractivity contribution in [3.05, 3.63) is 35.9 Å². The first-order chi connectivity index (χ1) is 9.32. The van der Waals surface area contributed by atoms with Crippen molar-refractivity contribution in [2.24, 2.45) is 11.5 Å². The van der Waals surface area contributed by atoms with Gasteiger partial charge in [0, 0.05) is 6.42 Å². The molecule has 0 aromatic heterocycles. The Morgan fingerprint density at radius 1 is 1.10 bits per heavy atom. The number of amides is 1. The molecule has 0 radical (unpaired) electrons. The second kappa shape index (κ2) is 9.51. The first-order valence-electron chi connectivity index (χ1n) is 5.85. The fourth-order valence-electron chi connectivity index (χ4n) is 1.20. The lowest BCUT2D eigenvalue weighted by Gasteiger charge is -2.01. The molecule has 1 rings (SSSR count). The van der Waals surface area contributed by atoms with Gasteiger partial charge in [0.05, 0.1) is 6.42 Å². The van der Waals surface area contributed by atoms with Crippen molar-refractivity contribution >= 4 is 17.8 Å². The number of carboxylic acids is 2. The zero-order valence-electron chi connectivity index (χ0n) is 10.9. The van der Waals surface area contributed by atoms with Crippen LogP contribution in [0.15, 0.2) is 30.3 Å². The Hall–Kier alpha value is -2.41. The van der Waals surface area contributed by atoms with Crippen LogP contribution in [0, 0.1) is 0 Å². The van der Waals surface area contributed by atoms with Gasteiger partial charge in [0.15, 0.2) is 0 Å². The van der Waals surface area contributed by atoms with Crippen LogP contribution in [0.25, 0.3) is 0 Å². The van der Waals surface area contributed by atoms with Gasteiger partial charge >= 0.3 is 11.9 Å². The lowest BCUT2D eigenvalue weighted by molar-refractivity contribution is -0.139. The van der Waals surface area contributed by atoms with E-state index in [4.69, 9.17) is 21.7 Å². The Kier molecular flexibility index (Phi) is 8.36. The fraction of sp³-hybridized carbons (Fsp3) is 0.308. The molecule has 110 valence electrons. The molecule has 0 spiro atoms. The molecule has 20 heavy (non-hydrogen) atoms. The van der Waals surface area contributed by atoms with E-state index in [1.54, 1.807) is 0 Å². The normalized spacial score (nSPS) is 10.8. The van der Waals surface area contributed by atoms with E-state index < -0.39 is 18.0 Å². The van der Waals surface area contributed by atoms with Crippen LogP contribution in [0.4, 0.5) is 0 Å². The third-order valence-corrected chi connectivity index (χ3v) is 2.21. The Balaban J connectivity index is 0.000000361. The molecule has 7 nitrogen and oxygen atoms in total. The zero-order valence-corrected chi connectivity index (χ0v) is 10.9. The summed E-state index contributed by atoms with van der Waals surface area (Å²) in [6, 6.07) is 8.38. The minimum Gasteiger partial charge on any atom is -0.481 e. The van der Waals surface area contributed by atoms with Crippen molar-refractivity contribution in [2.45, 2.75) is 25.3 Å². The van der Waals surface area contributed by atoms with Crippen LogP contribution >= 0.6 is 0 Å². The lowest BCUT2D eigenvalue weighted by atomic mass is 10.1. The summed E-state index contributed by atoms with van der Waals surface area (Å²) < 4.78 is 0. The highest BCUT2D eigenvalue weighted by atomic mass is 16.4. The van der Waals surface area contributed by atoms with Gasteiger partial charge in [-0.15, -0.1) is 0 Å². The van der Waals surface area contributed by atoms with Gasteiger partial charge in [-0.25, -0.2) is 0 Å². The van der Waals surface area contributed by atoms with E-state index >= 15 is 0 Å². The average Bonchev–Trinajstić information content (AvgIpc) is 2.37. The Bertz CT molecular complexity index is 447. The molecule has 0 bridgehead atoms. The van der Waals surface area contributed by atoms with Crippen molar-refractivity contribution in [2.75, 3.05) is 0 Å². The van der Waals surface area contributed by atoms with Crippen LogP contribution in [-0.4, -0.2) is 34.1 Å². The van der Waals surface area contributed by atoms with Crippen LogP contribution in [0.2, 0.25) is 0 Å². The number of nitrogens with two attached hydrogens (primary N) is 2. The monoisotopic (exact) mass is 282 g/mol. The van der Waals surface area contributed by atoms with E-state index in [-0.39, 0.29) is 18.7 Å². The lowest BCUT2D eigenvalue weighted by Crippen LogP contribution is -2.30. The number of hydrogen-bond acceptors (Lipinski definition) is 4. The van der Waals surface area contributed by atoms with E-state index in [2.05, 4.69) is 0 Å². The quantitative estimate of drug-likeness (QED) is 0.577. The van der Waals surface area contributed by atoms with Crippen molar-refractivity contribution in [3.8, 4) is 0 Å². The van der Waals surface area contributed by atoms with Crippen LogP contribution in [0.3, 0.4) is 0 Å². The molecule has 1 atom stereocenters. The molecule has 0 saturated heterocycles. The van der Waals surface area contributed by atoms with Gasteiger partial charge < -0.3 is 21.7 Å². The summed E-state index contributed by atoms with van der Waals surface area (Å²) in [6.07, 6.45) is 0.110. The van der Waals surface area contributed by atoms with Crippen LogP contribution in [0.5, 0.6) is 0 Å². The zero-order chi connectivity index (χ0) is 15.5. The molecule has 1 aromatic rings. The molecule has 0 aliphatic carbocycles. The summed E-state index contributed by atoms with van der Waals surface area (Å²) in [5, 5.41) is 16.3. The van der Waals surface area contributed by atoms with E-state index in [1.807, 2.05) is 30.3 Å². The molecule has 7 heteroatoms. The summed E-state index contributed by atoms with van der Waals surface area (Å²) in [5.41, 5.74) is 11.0. The predicted molar refractivity (Wildman–Crippen MR) is 71.8 cm³/mol. The maximum absolute atomic E-state index is 10.4. The molecule has 1 aromatic carbocycles. The number of primary amides is 1. The Labute approximate surface area is 116 Å². The SMILES string of the molecule is NC(=O)Cc1ccccc1.N[C@@H](CCC(=O)O)C(=O)O. The number of carbonyl (C=O) groups is 3. The summed E-state index contributed by atoms with van der Waals surface area (Å²) in [7, 11) is 0. The highest BCUT2D eigenvalue weighted by molar-refractivity contribution is 5.76. The minimum absolute atomic E-state index is 0.0231. The van der Waals surface area contributed by atoms with E-state index in [9.17, 15) is 14.4 Å². The number of benzene rings is 1. The highest BCUT2D eigenvalue weighted by Crippen LogP contribution is 1.97. The molecule has 0 heterocycles. The molecular formula is C13H18N2O5. The van der Waals surface area contributed by atoms with Gasteiger partial charge in [-0.2, -0.15) is 0 Å². The maximum atomic E-state index is 10.4. The third kappa shape index (κ3) is 9.60. The number of carboxylic acid groups (broad SMARTS) is 2. The van der Waals surface area contributed by atoms with E-state index in [1.165, 1.54) is 0 Å². The fourth-order valence-corrected chi connectivity index (χ4v) is 1.20. The van der Waals surface area contributed by atoms with Gasteiger partial charge in [-0.1, -0.05) is 30.3 Å². The smallest absolute Gasteiger partial charge is 0.320 e. The van der Waals surface area contributed by atoms with E-state index in [0.29, 0.717) is 6.42 Å². The van der Waals surface area contributed by atoms with Crippen molar-refractivity contribution in [1.82, 2.24) is 0 Å². The third-order valence-electron chi connectivity index (χ3n) is 2.21. The average molecular weight is 282 g/mol. The van der Waals surface area contributed by atoms with Gasteiger partial charge in [-0.3, -0.25) is 14.4 Å². The van der Waals surface area contributed by atoms with Crippen molar-refractivity contribution in [1.29, 1.82) is 0 Å². The number of aliphatic carboxylic acids is 2. The maximum Gasteiger partial charge on any atom is 0.320 e. The minimum atomic E-state index is -1.17. The largest absolute Gasteiger partial charge is 0.481 e. The highest BCUT2D eigenvalue weighted by Gasteiger charge is 2.12. The Morgan fingerprint density at radius 2 is 1.65 bits per heavy atom. The summed E-state index contributed by atoms with van der Waals surface area (Å²) in [5.74, 6) is -2.48. The summed E-state index contributed by atoms with van der Waals surface area (Å²) >= 11 is 0. The predicted octanol–water partition coefficient (Wildman–Crippen LogP) is -0.0225. The van der Waals surface area contributed by atoms with Gasteiger partial charge in [0.25, 0.3) is 0 Å². The first-order valence-corrected chi connectivity index (χ1v) is 5.85. The molecule has 1 amide bonds. The first kappa shape index (κ1) is 17.6. The standard InChI is InChI=1S/C8H9NO.C5H9NO4/c9-8(10)6-7-4-2-1-3-5-7;6-3(5(9)10)1-2-4(7)8/h1-5H,6H2,(H2,9,10);3H,1-2,6H2,(H,7,8)(H,9,10)/t;3-/m.0/s1. The number of carbonyl (C=O) groups excluding carboxylic acids is 1. The van der Waals surface area contributed by atoms with Crippen LogP contribution in [0.1, 0.15) is 18.4 Å². The van der Waals surface area contributed by atoms with Gasteiger partial charge in [0.1, 0.15) is 6.04 Å². The number of hydrogen-bond donors (Lipinski definition) is 4. The van der Waals surface area contributed by atoms with Crippen molar-refractivity contribution in [3.63, 3.8) is 0 Å². The molecular weight excluding hydrogens is 264 g/mol. The molecule has 6 N–H and O–H groups in total. The van der Waals surface area contributed by atoms with Gasteiger partial charge in [-0.05, 0) is 12.0 Å². The van der Waals surface area contributed by atoms with E-state index in [0.717, 1.165) is 5.56 Å². The van der Waals surface area contributed by atoms with Gasteiger partial charge in [0.2, 0.25) is 5.91 Å². The molecule has 0 saturated carbocycles. The Morgan fingerprint density at radius 3 is 2.05 bits per heavy atom. The molecule has 0 fully saturated rings. The summed E-state index contributed by atoms with van der Waals surface area (Å²) in [6.45, 7) is 0. The molecule has 0 aliphatic heterocycles. The van der Waals surface area contributed by atoms with Crippen LogP contribution < -0.4 is 11.5 Å². The summed E-state index contributed by atoms with van der Waals surface area (Å²) in [4.78, 5) is 30.3. The van der Waals surface area contributed by atoms with Crippen LogP contribution in [-0.2, 0) is 20.8 Å². The molecule has 0 unspecified atom stereocenters.